The summed E-state index contributed by atoms with van der Waals surface area (Å²) in [6.07, 6.45) is 3.11. The number of rotatable bonds is 3. The lowest BCUT2D eigenvalue weighted by atomic mass is 10.1. The van der Waals surface area contributed by atoms with Crippen LogP contribution in [0.25, 0.3) is 0 Å². The molecule has 0 bridgehead atoms. The fraction of sp³-hybridized carbons (Fsp3) is 1.00. The summed E-state index contributed by atoms with van der Waals surface area (Å²) in [4.78, 5) is 0. The molecule has 1 heterocycles. The van der Waals surface area contributed by atoms with Crippen molar-refractivity contribution in [2.75, 3.05) is 12.3 Å². The third-order valence-corrected chi connectivity index (χ3v) is 2.35. The second-order valence-electron chi connectivity index (χ2n) is 2.87. The van der Waals surface area contributed by atoms with E-state index in [1.165, 1.54) is 12.8 Å². The number of nitrogens with one attached hydrogen (secondary N) is 1. The molecule has 1 saturated heterocycles. The van der Waals surface area contributed by atoms with Crippen LogP contribution in [0.5, 0.6) is 0 Å². The highest BCUT2D eigenvalue weighted by molar-refractivity contribution is 7.80. The van der Waals surface area contributed by atoms with E-state index in [1.54, 1.807) is 0 Å². The summed E-state index contributed by atoms with van der Waals surface area (Å²) in [6.45, 7) is 1.12. The molecule has 0 spiro atoms. The van der Waals surface area contributed by atoms with E-state index in [-0.39, 0.29) is 6.10 Å². The van der Waals surface area contributed by atoms with Crippen molar-refractivity contribution in [2.24, 2.45) is 0 Å². The Balaban J connectivity index is 2.11. The van der Waals surface area contributed by atoms with E-state index >= 15 is 0 Å². The Bertz CT molecular complexity index is 93.6. The number of aliphatic hydroxyl groups is 1. The zero-order chi connectivity index (χ0) is 7.40. The van der Waals surface area contributed by atoms with Crippen LogP contribution in [0.3, 0.4) is 0 Å². The molecule has 1 aliphatic rings. The molecule has 0 aromatic carbocycles. The van der Waals surface area contributed by atoms with Crippen molar-refractivity contribution < 1.29 is 5.11 Å². The fourth-order valence-corrected chi connectivity index (χ4v) is 1.51. The van der Waals surface area contributed by atoms with Crippen molar-refractivity contribution in [3.8, 4) is 0 Å². The van der Waals surface area contributed by atoms with Gasteiger partial charge in [-0.15, -0.1) is 0 Å². The molecular weight excluding hydrogens is 146 g/mol. The molecular formula is C7H15NOS. The monoisotopic (exact) mass is 161 g/mol. The Labute approximate surface area is 67.4 Å². The van der Waals surface area contributed by atoms with Gasteiger partial charge in [0.2, 0.25) is 0 Å². The minimum absolute atomic E-state index is 0.223. The summed E-state index contributed by atoms with van der Waals surface area (Å²) >= 11 is 4.01. The normalized spacial score (nSPS) is 28.8. The van der Waals surface area contributed by atoms with Gasteiger partial charge < -0.3 is 10.4 Å². The third-order valence-electron chi connectivity index (χ3n) is 1.93. The zero-order valence-electron chi connectivity index (χ0n) is 6.08. The molecule has 0 aromatic heterocycles. The predicted octanol–water partition coefficient (Wildman–Crippen LogP) is 0.419. The van der Waals surface area contributed by atoms with E-state index in [9.17, 15) is 5.11 Å². The molecule has 2 N–H and O–H groups in total. The highest BCUT2D eigenvalue weighted by atomic mass is 32.1. The number of hydrogen-bond donors (Lipinski definition) is 3. The van der Waals surface area contributed by atoms with Crippen molar-refractivity contribution in [1.29, 1.82) is 0 Å². The van der Waals surface area contributed by atoms with E-state index in [0.717, 1.165) is 13.0 Å². The van der Waals surface area contributed by atoms with Crippen LogP contribution in [0.1, 0.15) is 19.3 Å². The molecule has 3 heteroatoms. The SMILES string of the molecule is OC(CS)CC1CCCN1. The second-order valence-corrected chi connectivity index (χ2v) is 3.23. The summed E-state index contributed by atoms with van der Waals surface area (Å²) in [5, 5.41) is 12.5. The first-order chi connectivity index (χ1) is 4.83. The van der Waals surface area contributed by atoms with Gasteiger partial charge in [0.05, 0.1) is 6.10 Å². The molecule has 0 amide bonds. The minimum atomic E-state index is -0.223. The smallest absolute Gasteiger partial charge is 0.0642 e. The maximum absolute atomic E-state index is 9.20. The maximum atomic E-state index is 9.20. The lowest BCUT2D eigenvalue weighted by Crippen LogP contribution is -2.27. The van der Waals surface area contributed by atoms with Gasteiger partial charge in [-0.2, -0.15) is 12.6 Å². The molecule has 2 unspecified atom stereocenters. The van der Waals surface area contributed by atoms with Gasteiger partial charge in [-0.3, -0.25) is 0 Å². The third kappa shape index (κ3) is 2.48. The standard InChI is InChI=1S/C7H15NOS/c9-7(5-10)4-6-2-1-3-8-6/h6-10H,1-5H2. The molecule has 0 saturated carbocycles. The highest BCUT2D eigenvalue weighted by Gasteiger charge is 2.16. The van der Waals surface area contributed by atoms with Gasteiger partial charge in [0.1, 0.15) is 0 Å². The average molecular weight is 161 g/mol. The van der Waals surface area contributed by atoms with E-state index in [1.807, 2.05) is 0 Å². The lowest BCUT2D eigenvalue weighted by Gasteiger charge is -2.13. The average Bonchev–Trinajstić information content (AvgIpc) is 2.40. The van der Waals surface area contributed by atoms with Crippen LogP contribution in [-0.4, -0.2) is 29.5 Å². The van der Waals surface area contributed by atoms with Gasteiger partial charge in [0.25, 0.3) is 0 Å². The van der Waals surface area contributed by atoms with E-state index in [4.69, 9.17) is 0 Å². The van der Waals surface area contributed by atoms with Gasteiger partial charge in [-0.05, 0) is 25.8 Å². The molecule has 2 nitrogen and oxygen atoms in total. The Morgan fingerprint density at radius 3 is 3.00 bits per heavy atom. The lowest BCUT2D eigenvalue weighted by molar-refractivity contribution is 0.176. The van der Waals surface area contributed by atoms with Crippen molar-refractivity contribution in [3.05, 3.63) is 0 Å². The predicted molar refractivity (Wildman–Crippen MR) is 45.5 cm³/mol. The molecule has 60 valence electrons. The molecule has 0 aromatic rings. The number of hydrogen-bond acceptors (Lipinski definition) is 3. The molecule has 2 atom stereocenters. The van der Waals surface area contributed by atoms with Gasteiger partial charge in [-0.25, -0.2) is 0 Å². The summed E-state index contributed by atoms with van der Waals surface area (Å²) in [6, 6.07) is 0.544. The Kier molecular flexibility index (Phi) is 3.52. The molecule has 10 heavy (non-hydrogen) atoms. The highest BCUT2D eigenvalue weighted by Crippen LogP contribution is 2.11. The van der Waals surface area contributed by atoms with Gasteiger partial charge in [0, 0.05) is 11.8 Å². The molecule has 1 fully saturated rings. The zero-order valence-corrected chi connectivity index (χ0v) is 6.98. The van der Waals surface area contributed by atoms with Crippen molar-refractivity contribution in [2.45, 2.75) is 31.4 Å². The molecule has 0 radical (unpaired) electrons. The topological polar surface area (TPSA) is 32.3 Å². The van der Waals surface area contributed by atoms with Crippen LogP contribution in [0.2, 0.25) is 0 Å². The van der Waals surface area contributed by atoms with Crippen LogP contribution >= 0.6 is 12.6 Å². The summed E-state index contributed by atoms with van der Waals surface area (Å²) < 4.78 is 0. The van der Waals surface area contributed by atoms with E-state index < -0.39 is 0 Å². The van der Waals surface area contributed by atoms with Crippen molar-refractivity contribution in [1.82, 2.24) is 5.32 Å². The molecule has 1 aliphatic heterocycles. The first-order valence-electron chi connectivity index (χ1n) is 3.85. The van der Waals surface area contributed by atoms with Crippen LogP contribution < -0.4 is 5.32 Å². The Morgan fingerprint density at radius 2 is 2.50 bits per heavy atom. The van der Waals surface area contributed by atoms with Crippen LogP contribution in [0, 0.1) is 0 Å². The Morgan fingerprint density at radius 1 is 1.70 bits per heavy atom. The molecule has 1 rings (SSSR count). The number of aliphatic hydroxyl groups excluding tert-OH is 1. The largest absolute Gasteiger partial charge is 0.392 e. The quantitative estimate of drug-likeness (QED) is 0.524. The molecule has 0 aliphatic carbocycles. The second kappa shape index (κ2) is 4.21. The number of thiol groups is 1. The van der Waals surface area contributed by atoms with Gasteiger partial charge in [0.15, 0.2) is 0 Å². The van der Waals surface area contributed by atoms with E-state index in [2.05, 4.69) is 17.9 Å². The first kappa shape index (κ1) is 8.37. The van der Waals surface area contributed by atoms with Gasteiger partial charge in [-0.1, -0.05) is 0 Å². The van der Waals surface area contributed by atoms with E-state index in [0.29, 0.717) is 11.8 Å². The van der Waals surface area contributed by atoms with Gasteiger partial charge >= 0.3 is 0 Å². The Hall–Kier alpha value is 0.270. The minimum Gasteiger partial charge on any atom is -0.392 e. The van der Waals surface area contributed by atoms with Crippen molar-refractivity contribution in [3.63, 3.8) is 0 Å². The summed E-state index contributed by atoms with van der Waals surface area (Å²) in [7, 11) is 0. The van der Waals surface area contributed by atoms with Crippen molar-refractivity contribution >= 4 is 12.6 Å². The first-order valence-corrected chi connectivity index (χ1v) is 4.48. The summed E-state index contributed by atoms with van der Waals surface area (Å²) in [5.74, 6) is 0.582. The van der Waals surface area contributed by atoms with Crippen LogP contribution in [-0.2, 0) is 0 Å². The summed E-state index contributed by atoms with van der Waals surface area (Å²) in [5.41, 5.74) is 0. The maximum Gasteiger partial charge on any atom is 0.0642 e. The van der Waals surface area contributed by atoms with Crippen LogP contribution in [0.4, 0.5) is 0 Å². The fourth-order valence-electron chi connectivity index (χ4n) is 1.36. The van der Waals surface area contributed by atoms with Crippen LogP contribution in [0.15, 0.2) is 0 Å².